The highest BCUT2D eigenvalue weighted by atomic mass is 35.5. The monoisotopic (exact) mass is 396 g/mol. The first-order valence-corrected chi connectivity index (χ1v) is 10.3. The molecule has 0 bridgehead atoms. The molecule has 0 amide bonds. The molecule has 1 atom stereocenters. The molecule has 0 unspecified atom stereocenters. The van der Waals surface area contributed by atoms with E-state index >= 15 is 0 Å². The molecule has 3 aromatic carbocycles. The lowest BCUT2D eigenvalue weighted by molar-refractivity contribution is -0.921. The fourth-order valence-electron chi connectivity index (χ4n) is 4.11. The fourth-order valence-corrected chi connectivity index (χ4v) is 4.45. The van der Waals surface area contributed by atoms with Crippen molar-refractivity contribution in [3.8, 4) is 0 Å². The third-order valence-electron chi connectivity index (χ3n) is 5.61. The van der Waals surface area contributed by atoms with Gasteiger partial charge in [0.2, 0.25) is 0 Å². The van der Waals surface area contributed by atoms with Gasteiger partial charge in [-0.15, -0.1) is 0 Å². The van der Waals surface area contributed by atoms with Crippen LogP contribution in [0.3, 0.4) is 0 Å². The quantitative estimate of drug-likeness (QED) is 0.575. The molecule has 3 heteroatoms. The first-order valence-electron chi connectivity index (χ1n) is 9.58. The van der Waals surface area contributed by atoms with Gasteiger partial charge in [0, 0.05) is 27.6 Å². The van der Waals surface area contributed by atoms with Gasteiger partial charge in [0.15, 0.2) is 0 Å². The van der Waals surface area contributed by atoms with Gasteiger partial charge in [-0.3, -0.25) is 0 Å². The zero-order valence-corrected chi connectivity index (χ0v) is 16.8. The van der Waals surface area contributed by atoms with E-state index in [9.17, 15) is 0 Å². The molecule has 1 nitrogen and oxygen atoms in total. The molecule has 0 saturated carbocycles. The predicted octanol–water partition coefficient (Wildman–Crippen LogP) is 5.31. The normalized spacial score (nSPS) is 14.9. The molecule has 1 N–H and O–H groups in total. The summed E-state index contributed by atoms with van der Waals surface area (Å²) in [5, 5.41) is 1.65. The van der Waals surface area contributed by atoms with Gasteiger partial charge in [0.25, 0.3) is 0 Å². The van der Waals surface area contributed by atoms with E-state index in [1.807, 2.05) is 24.3 Å². The second-order valence-electron chi connectivity index (χ2n) is 7.45. The minimum absolute atomic E-state index is 0.443. The van der Waals surface area contributed by atoms with E-state index in [4.69, 9.17) is 23.2 Å². The summed E-state index contributed by atoms with van der Waals surface area (Å²) in [5.41, 5.74) is 5.57. The summed E-state index contributed by atoms with van der Waals surface area (Å²) in [5.74, 6) is 0.443. The lowest BCUT2D eigenvalue weighted by atomic mass is 9.89. The number of fused-ring (bicyclic) bond motifs is 1. The Kier molecular flexibility index (Phi) is 5.83. The molecule has 0 spiro atoms. The van der Waals surface area contributed by atoms with Crippen molar-refractivity contribution in [2.45, 2.75) is 31.8 Å². The number of halogens is 2. The smallest absolute Gasteiger partial charge is 0.104 e. The van der Waals surface area contributed by atoms with Crippen molar-refractivity contribution in [3.05, 3.63) is 105 Å². The van der Waals surface area contributed by atoms with E-state index in [1.165, 1.54) is 22.3 Å². The van der Waals surface area contributed by atoms with E-state index in [0.717, 1.165) is 42.5 Å². The molecule has 0 radical (unpaired) electrons. The first-order chi connectivity index (χ1) is 13.2. The molecule has 1 heterocycles. The van der Waals surface area contributed by atoms with Crippen molar-refractivity contribution in [2.75, 3.05) is 6.54 Å². The predicted molar refractivity (Wildman–Crippen MR) is 114 cm³/mol. The Morgan fingerprint density at radius 3 is 2.07 bits per heavy atom. The van der Waals surface area contributed by atoms with Crippen LogP contribution in [-0.4, -0.2) is 6.54 Å². The Bertz CT molecular complexity index is 879. The fraction of sp³-hybridized carbons (Fsp3) is 0.250. The van der Waals surface area contributed by atoms with Crippen LogP contribution >= 0.6 is 23.2 Å². The molecule has 3 aromatic rings. The van der Waals surface area contributed by atoms with Crippen LogP contribution in [0.15, 0.2) is 72.8 Å². The molecule has 0 aromatic heterocycles. The average molecular weight is 397 g/mol. The van der Waals surface area contributed by atoms with Crippen LogP contribution in [0.2, 0.25) is 10.0 Å². The SMILES string of the molecule is Clc1ccc([C@H](CC[NH+]2Cc3ccccc3C2)Cc2ccccc2Cl)cc1. The Hall–Kier alpha value is -1.80. The largest absolute Gasteiger partial charge is 0.327 e. The van der Waals surface area contributed by atoms with Gasteiger partial charge in [-0.1, -0.05) is 77.8 Å². The summed E-state index contributed by atoms with van der Waals surface area (Å²) in [4.78, 5) is 1.65. The van der Waals surface area contributed by atoms with Gasteiger partial charge in [0.05, 0.1) is 6.54 Å². The average Bonchev–Trinajstić information content (AvgIpc) is 3.10. The van der Waals surface area contributed by atoms with Gasteiger partial charge in [0.1, 0.15) is 13.1 Å². The summed E-state index contributed by atoms with van der Waals surface area (Å²) < 4.78 is 0. The summed E-state index contributed by atoms with van der Waals surface area (Å²) >= 11 is 12.6. The number of benzene rings is 3. The van der Waals surface area contributed by atoms with Crippen LogP contribution in [0.25, 0.3) is 0 Å². The third-order valence-corrected chi connectivity index (χ3v) is 6.23. The van der Waals surface area contributed by atoms with Crippen LogP contribution in [0.4, 0.5) is 0 Å². The van der Waals surface area contributed by atoms with Crippen molar-refractivity contribution < 1.29 is 4.90 Å². The standard InChI is InChI=1S/C24H23Cl2N/c25-23-11-9-18(10-12-23)19(15-20-5-3-4-8-24(20)26)13-14-27-16-21-6-1-2-7-22(21)17-27/h1-12,19H,13-17H2/p+1/t19-/m1/s1. The Morgan fingerprint density at radius 2 is 1.41 bits per heavy atom. The van der Waals surface area contributed by atoms with Gasteiger partial charge < -0.3 is 4.90 Å². The Morgan fingerprint density at radius 1 is 0.778 bits per heavy atom. The van der Waals surface area contributed by atoms with E-state index < -0.39 is 0 Å². The van der Waals surface area contributed by atoms with Crippen molar-refractivity contribution in [2.24, 2.45) is 0 Å². The Balaban J connectivity index is 1.48. The topological polar surface area (TPSA) is 4.44 Å². The zero-order valence-electron chi connectivity index (χ0n) is 15.3. The summed E-state index contributed by atoms with van der Waals surface area (Å²) in [7, 11) is 0. The van der Waals surface area contributed by atoms with Crippen molar-refractivity contribution in [1.29, 1.82) is 0 Å². The maximum absolute atomic E-state index is 6.44. The van der Waals surface area contributed by atoms with E-state index in [2.05, 4.69) is 48.5 Å². The molecule has 4 rings (SSSR count). The number of hydrogen-bond acceptors (Lipinski definition) is 0. The van der Waals surface area contributed by atoms with Crippen LogP contribution in [0.1, 0.15) is 34.6 Å². The summed E-state index contributed by atoms with van der Waals surface area (Å²) in [6.45, 7) is 3.43. The first kappa shape index (κ1) is 18.6. The second kappa shape index (κ2) is 8.48. The van der Waals surface area contributed by atoms with Crippen molar-refractivity contribution >= 4 is 23.2 Å². The highest BCUT2D eigenvalue weighted by Crippen LogP contribution is 2.28. The molecule has 0 fully saturated rings. The minimum Gasteiger partial charge on any atom is -0.327 e. The summed E-state index contributed by atoms with van der Waals surface area (Å²) in [6, 6.07) is 25.3. The number of quaternary nitrogens is 1. The second-order valence-corrected chi connectivity index (χ2v) is 8.30. The van der Waals surface area contributed by atoms with Gasteiger partial charge >= 0.3 is 0 Å². The molecule has 1 aliphatic rings. The molecule has 0 saturated heterocycles. The van der Waals surface area contributed by atoms with E-state index in [0.29, 0.717) is 5.92 Å². The van der Waals surface area contributed by atoms with Crippen molar-refractivity contribution in [3.63, 3.8) is 0 Å². The molecular weight excluding hydrogens is 373 g/mol. The summed E-state index contributed by atoms with van der Waals surface area (Å²) in [6.07, 6.45) is 2.09. The van der Waals surface area contributed by atoms with E-state index in [-0.39, 0.29) is 0 Å². The molecule has 27 heavy (non-hydrogen) atoms. The maximum Gasteiger partial charge on any atom is 0.104 e. The molecule has 138 valence electrons. The highest BCUT2D eigenvalue weighted by Gasteiger charge is 2.23. The molecule has 0 aliphatic carbocycles. The van der Waals surface area contributed by atoms with Crippen LogP contribution in [-0.2, 0) is 19.5 Å². The zero-order chi connectivity index (χ0) is 18.6. The Labute approximate surface area is 171 Å². The van der Waals surface area contributed by atoms with Crippen molar-refractivity contribution in [1.82, 2.24) is 0 Å². The van der Waals surface area contributed by atoms with E-state index in [1.54, 1.807) is 4.90 Å². The number of rotatable bonds is 6. The van der Waals surface area contributed by atoms with Crippen LogP contribution in [0, 0.1) is 0 Å². The van der Waals surface area contributed by atoms with Crippen LogP contribution < -0.4 is 4.90 Å². The van der Waals surface area contributed by atoms with Gasteiger partial charge in [-0.25, -0.2) is 0 Å². The maximum atomic E-state index is 6.44. The lowest BCUT2D eigenvalue weighted by Crippen LogP contribution is -3.07. The highest BCUT2D eigenvalue weighted by molar-refractivity contribution is 6.31. The lowest BCUT2D eigenvalue weighted by Gasteiger charge is -2.21. The van der Waals surface area contributed by atoms with Gasteiger partial charge in [-0.2, -0.15) is 0 Å². The van der Waals surface area contributed by atoms with Gasteiger partial charge in [-0.05, 0) is 41.7 Å². The number of nitrogens with one attached hydrogen (secondary N) is 1. The molecule has 1 aliphatic heterocycles. The third kappa shape index (κ3) is 4.55. The number of hydrogen-bond donors (Lipinski definition) is 1. The minimum atomic E-state index is 0.443. The molecular formula is C24H24Cl2N+. The van der Waals surface area contributed by atoms with Crippen LogP contribution in [0.5, 0.6) is 0 Å².